The van der Waals surface area contributed by atoms with Crippen LogP contribution in [0.3, 0.4) is 0 Å². The molecule has 0 bridgehead atoms. The molecule has 0 atom stereocenters. The highest BCUT2D eigenvalue weighted by Gasteiger charge is 2.21. The van der Waals surface area contributed by atoms with Gasteiger partial charge in [-0.25, -0.2) is 0 Å². The predicted molar refractivity (Wildman–Crippen MR) is 75.6 cm³/mol. The van der Waals surface area contributed by atoms with Crippen molar-refractivity contribution in [3.05, 3.63) is 28.8 Å². The number of hydrogen-bond donors (Lipinski definition) is 1. The molecule has 1 aromatic carbocycles. The van der Waals surface area contributed by atoms with E-state index in [1.54, 1.807) is 0 Å². The average molecular weight is 242 g/mol. The highest BCUT2D eigenvalue weighted by Crippen LogP contribution is 2.29. The molecule has 1 aliphatic carbocycles. The maximum Gasteiger partial charge on any atom is 0.0655 e. The van der Waals surface area contributed by atoms with E-state index < -0.39 is 0 Å². The van der Waals surface area contributed by atoms with Crippen LogP contribution in [0.5, 0.6) is 0 Å². The van der Waals surface area contributed by atoms with Crippen LogP contribution in [-0.4, -0.2) is 6.04 Å². The lowest BCUT2D eigenvalue weighted by molar-refractivity contribution is 0.397. The quantitative estimate of drug-likeness (QED) is 0.847. The van der Waals surface area contributed by atoms with Crippen molar-refractivity contribution in [3.63, 3.8) is 0 Å². The molecule has 18 heavy (non-hydrogen) atoms. The average Bonchev–Trinajstić information content (AvgIpc) is 2.34. The lowest BCUT2D eigenvalue weighted by Gasteiger charge is -2.28. The molecule has 0 amide bonds. The standard InChI is InChI=1S/C16H22N2/c1-11-8-12(2)16(13(3)9-11)18-15-6-4-14(10-17)5-7-15/h8-9,14-15,18H,4-7H2,1-3H3. The minimum Gasteiger partial charge on any atom is -0.382 e. The van der Waals surface area contributed by atoms with Crippen molar-refractivity contribution in [3.8, 4) is 6.07 Å². The van der Waals surface area contributed by atoms with Gasteiger partial charge in [0, 0.05) is 17.6 Å². The van der Waals surface area contributed by atoms with Gasteiger partial charge in [0.05, 0.1) is 6.07 Å². The van der Waals surface area contributed by atoms with E-state index >= 15 is 0 Å². The first-order chi connectivity index (χ1) is 8.60. The van der Waals surface area contributed by atoms with Crippen molar-refractivity contribution >= 4 is 5.69 Å². The fourth-order valence-corrected chi connectivity index (χ4v) is 2.98. The van der Waals surface area contributed by atoms with Crippen molar-refractivity contribution in [2.45, 2.75) is 52.5 Å². The van der Waals surface area contributed by atoms with Crippen LogP contribution in [0.1, 0.15) is 42.4 Å². The molecule has 1 aromatic rings. The third-order valence-corrected chi connectivity index (χ3v) is 3.94. The summed E-state index contributed by atoms with van der Waals surface area (Å²) in [5, 5.41) is 12.6. The molecule has 0 unspecified atom stereocenters. The van der Waals surface area contributed by atoms with Crippen molar-refractivity contribution in [2.75, 3.05) is 5.32 Å². The molecular weight excluding hydrogens is 220 g/mol. The molecule has 0 heterocycles. The van der Waals surface area contributed by atoms with Crippen LogP contribution in [0.2, 0.25) is 0 Å². The molecule has 0 aliphatic heterocycles. The summed E-state index contributed by atoms with van der Waals surface area (Å²) in [4.78, 5) is 0. The lowest BCUT2D eigenvalue weighted by atomic mass is 9.86. The molecule has 96 valence electrons. The molecule has 2 nitrogen and oxygen atoms in total. The van der Waals surface area contributed by atoms with Gasteiger partial charge >= 0.3 is 0 Å². The summed E-state index contributed by atoms with van der Waals surface area (Å²) in [6.45, 7) is 6.48. The Labute approximate surface area is 110 Å². The maximum absolute atomic E-state index is 8.92. The van der Waals surface area contributed by atoms with E-state index in [9.17, 15) is 0 Å². The Morgan fingerprint density at radius 2 is 1.61 bits per heavy atom. The Morgan fingerprint density at radius 3 is 2.11 bits per heavy atom. The van der Waals surface area contributed by atoms with Crippen LogP contribution in [0.4, 0.5) is 5.69 Å². The smallest absolute Gasteiger partial charge is 0.0655 e. The van der Waals surface area contributed by atoms with E-state index in [0.717, 1.165) is 25.7 Å². The largest absolute Gasteiger partial charge is 0.382 e. The van der Waals surface area contributed by atoms with Gasteiger partial charge in [0.1, 0.15) is 0 Å². The SMILES string of the molecule is Cc1cc(C)c(NC2CCC(C#N)CC2)c(C)c1. The Hall–Kier alpha value is -1.49. The van der Waals surface area contributed by atoms with Crippen molar-refractivity contribution in [1.29, 1.82) is 5.26 Å². The molecule has 1 N–H and O–H groups in total. The van der Waals surface area contributed by atoms with Gasteiger partial charge in [-0.05, 0) is 57.6 Å². The Morgan fingerprint density at radius 1 is 1.06 bits per heavy atom. The van der Waals surface area contributed by atoms with Gasteiger partial charge in [-0.15, -0.1) is 0 Å². The maximum atomic E-state index is 8.92. The first kappa shape index (κ1) is 13.0. The summed E-state index contributed by atoms with van der Waals surface area (Å²) in [7, 11) is 0. The fourth-order valence-electron chi connectivity index (χ4n) is 2.98. The van der Waals surface area contributed by atoms with E-state index in [2.05, 4.69) is 44.3 Å². The van der Waals surface area contributed by atoms with Crippen molar-refractivity contribution in [1.82, 2.24) is 0 Å². The van der Waals surface area contributed by atoms with E-state index in [1.807, 2.05) is 0 Å². The second-order valence-corrected chi connectivity index (χ2v) is 5.60. The number of nitrogens with zero attached hydrogens (tertiary/aromatic N) is 1. The van der Waals surface area contributed by atoms with Crippen molar-refractivity contribution in [2.24, 2.45) is 5.92 Å². The van der Waals surface area contributed by atoms with Crippen LogP contribution >= 0.6 is 0 Å². The first-order valence-electron chi connectivity index (χ1n) is 6.84. The highest BCUT2D eigenvalue weighted by molar-refractivity contribution is 5.58. The first-order valence-corrected chi connectivity index (χ1v) is 6.84. The lowest BCUT2D eigenvalue weighted by Crippen LogP contribution is -2.26. The minimum atomic E-state index is 0.281. The van der Waals surface area contributed by atoms with E-state index in [-0.39, 0.29) is 5.92 Å². The van der Waals surface area contributed by atoms with Gasteiger partial charge < -0.3 is 5.32 Å². The molecule has 1 fully saturated rings. The molecule has 0 spiro atoms. The van der Waals surface area contributed by atoms with Gasteiger partial charge in [-0.1, -0.05) is 17.7 Å². The third kappa shape index (κ3) is 2.85. The zero-order valence-corrected chi connectivity index (χ0v) is 11.6. The van der Waals surface area contributed by atoms with Crippen LogP contribution < -0.4 is 5.32 Å². The summed E-state index contributed by atoms with van der Waals surface area (Å²) in [6.07, 6.45) is 4.31. The molecular formula is C16H22N2. The van der Waals surface area contributed by atoms with Gasteiger partial charge in [-0.2, -0.15) is 5.26 Å². The van der Waals surface area contributed by atoms with Crippen LogP contribution in [-0.2, 0) is 0 Å². The minimum absolute atomic E-state index is 0.281. The van der Waals surface area contributed by atoms with Gasteiger partial charge in [0.25, 0.3) is 0 Å². The number of benzene rings is 1. The number of hydrogen-bond acceptors (Lipinski definition) is 2. The fraction of sp³-hybridized carbons (Fsp3) is 0.562. The molecule has 0 aromatic heterocycles. The second kappa shape index (κ2) is 5.44. The number of nitriles is 1. The molecule has 1 saturated carbocycles. The monoisotopic (exact) mass is 242 g/mol. The molecule has 0 saturated heterocycles. The predicted octanol–water partition coefficient (Wildman–Crippen LogP) is 4.11. The highest BCUT2D eigenvalue weighted by atomic mass is 14.9. The van der Waals surface area contributed by atoms with Gasteiger partial charge in [0.2, 0.25) is 0 Å². The van der Waals surface area contributed by atoms with Crippen LogP contribution in [0.25, 0.3) is 0 Å². The molecule has 2 rings (SSSR count). The zero-order chi connectivity index (χ0) is 13.1. The number of rotatable bonds is 2. The van der Waals surface area contributed by atoms with E-state index in [1.165, 1.54) is 22.4 Å². The molecule has 2 heteroatoms. The summed E-state index contributed by atoms with van der Waals surface area (Å²) in [6, 6.07) is 7.39. The number of anilines is 1. The second-order valence-electron chi connectivity index (χ2n) is 5.60. The van der Waals surface area contributed by atoms with Crippen LogP contribution in [0, 0.1) is 38.0 Å². The topological polar surface area (TPSA) is 35.8 Å². The third-order valence-electron chi connectivity index (χ3n) is 3.94. The van der Waals surface area contributed by atoms with E-state index in [4.69, 9.17) is 5.26 Å². The Bertz CT molecular complexity index is 439. The summed E-state index contributed by atoms with van der Waals surface area (Å²) >= 11 is 0. The number of aryl methyl sites for hydroxylation is 3. The van der Waals surface area contributed by atoms with Gasteiger partial charge in [0.15, 0.2) is 0 Å². The Kier molecular flexibility index (Phi) is 3.91. The van der Waals surface area contributed by atoms with Crippen LogP contribution in [0.15, 0.2) is 12.1 Å². The summed E-state index contributed by atoms with van der Waals surface area (Å²) < 4.78 is 0. The molecule has 1 aliphatic rings. The zero-order valence-electron chi connectivity index (χ0n) is 11.6. The summed E-state index contributed by atoms with van der Waals surface area (Å²) in [5.74, 6) is 0.281. The Balaban J connectivity index is 2.05. The van der Waals surface area contributed by atoms with Gasteiger partial charge in [-0.3, -0.25) is 0 Å². The normalized spacial score (nSPS) is 23.4. The summed E-state index contributed by atoms with van der Waals surface area (Å²) in [5.41, 5.74) is 5.27. The number of nitrogens with one attached hydrogen (secondary N) is 1. The molecule has 0 radical (unpaired) electrons. The van der Waals surface area contributed by atoms with Crippen molar-refractivity contribution < 1.29 is 0 Å². The van der Waals surface area contributed by atoms with E-state index in [0.29, 0.717) is 6.04 Å².